The van der Waals surface area contributed by atoms with E-state index in [0.29, 0.717) is 43.8 Å². The zero-order valence-corrected chi connectivity index (χ0v) is 18.0. The average molecular weight is 454 g/mol. The summed E-state index contributed by atoms with van der Waals surface area (Å²) < 4.78 is 16.1. The molecular formula is C19H17Cl2N3O4S. The molecule has 1 heterocycles. The fourth-order valence-corrected chi connectivity index (χ4v) is 3.82. The Hall–Kier alpha value is -2.68. The molecule has 0 atom stereocenters. The molecular weight excluding hydrogens is 437 g/mol. The van der Waals surface area contributed by atoms with Crippen LogP contribution in [0.5, 0.6) is 17.2 Å². The van der Waals surface area contributed by atoms with Crippen LogP contribution in [0.4, 0.5) is 15.6 Å². The Morgan fingerprint density at radius 3 is 2.10 bits per heavy atom. The van der Waals surface area contributed by atoms with E-state index in [1.807, 2.05) is 5.38 Å². The third kappa shape index (κ3) is 5.03. The van der Waals surface area contributed by atoms with Gasteiger partial charge in [0, 0.05) is 26.7 Å². The fourth-order valence-electron chi connectivity index (χ4n) is 2.58. The van der Waals surface area contributed by atoms with E-state index in [1.54, 1.807) is 44.6 Å². The van der Waals surface area contributed by atoms with Gasteiger partial charge >= 0.3 is 6.03 Å². The number of thiazole rings is 1. The van der Waals surface area contributed by atoms with Crippen molar-refractivity contribution < 1.29 is 19.0 Å². The number of halogens is 2. The highest BCUT2D eigenvalue weighted by atomic mass is 35.5. The van der Waals surface area contributed by atoms with Crippen molar-refractivity contribution in [1.29, 1.82) is 0 Å². The second kappa shape index (κ2) is 9.21. The molecule has 2 amide bonds. The number of benzene rings is 2. The van der Waals surface area contributed by atoms with Crippen LogP contribution in [0.1, 0.15) is 0 Å². The molecule has 0 bridgehead atoms. The number of carbonyl (C=O) groups is 1. The predicted octanol–water partition coefficient (Wildman–Crippen LogP) is 5.79. The van der Waals surface area contributed by atoms with E-state index in [1.165, 1.54) is 18.4 Å². The number of methoxy groups -OCH3 is 3. The number of aromatic nitrogens is 1. The zero-order chi connectivity index (χ0) is 21.0. The summed E-state index contributed by atoms with van der Waals surface area (Å²) in [7, 11) is 4.62. The van der Waals surface area contributed by atoms with Gasteiger partial charge in [0.25, 0.3) is 0 Å². The minimum absolute atomic E-state index is 0.416. The van der Waals surface area contributed by atoms with Crippen molar-refractivity contribution in [2.75, 3.05) is 32.0 Å². The standard InChI is InChI=1S/C19H17Cl2N3O4S/c1-26-15-4-10(5-16(27-2)17(15)28-3)14-9-29-19(23-14)24-18(25)22-13-7-11(20)6-12(21)8-13/h4-9H,1-3H3,(H2,22,23,24,25). The van der Waals surface area contributed by atoms with Crippen LogP contribution in [0.15, 0.2) is 35.7 Å². The Morgan fingerprint density at radius 2 is 1.55 bits per heavy atom. The van der Waals surface area contributed by atoms with E-state index < -0.39 is 6.03 Å². The van der Waals surface area contributed by atoms with Crippen molar-refractivity contribution in [2.45, 2.75) is 0 Å². The summed E-state index contributed by atoms with van der Waals surface area (Å²) in [6.07, 6.45) is 0. The number of nitrogens with one attached hydrogen (secondary N) is 2. The SMILES string of the molecule is COc1cc(-c2csc(NC(=O)Nc3cc(Cl)cc(Cl)c3)n2)cc(OC)c1OC. The number of hydrogen-bond acceptors (Lipinski definition) is 6. The molecule has 0 saturated heterocycles. The highest BCUT2D eigenvalue weighted by Gasteiger charge is 2.16. The Kier molecular flexibility index (Phi) is 6.68. The normalized spacial score (nSPS) is 10.4. The molecule has 0 unspecified atom stereocenters. The number of amides is 2. The molecule has 0 fully saturated rings. The summed E-state index contributed by atoms with van der Waals surface area (Å²) in [5.41, 5.74) is 1.88. The Labute approximate surface area is 181 Å². The molecule has 2 aromatic carbocycles. The summed E-state index contributed by atoms with van der Waals surface area (Å²) in [6.45, 7) is 0. The van der Waals surface area contributed by atoms with Gasteiger partial charge in [0.1, 0.15) is 0 Å². The van der Waals surface area contributed by atoms with E-state index in [2.05, 4.69) is 15.6 Å². The molecule has 0 spiro atoms. The van der Waals surface area contributed by atoms with Gasteiger partial charge in [-0.1, -0.05) is 23.2 Å². The number of ether oxygens (including phenoxy) is 3. The maximum absolute atomic E-state index is 12.2. The maximum Gasteiger partial charge on any atom is 0.325 e. The highest BCUT2D eigenvalue weighted by Crippen LogP contribution is 2.41. The summed E-state index contributed by atoms with van der Waals surface area (Å²) >= 11 is 13.2. The maximum atomic E-state index is 12.2. The van der Waals surface area contributed by atoms with Crippen LogP contribution in [0, 0.1) is 0 Å². The first-order valence-corrected chi connectivity index (χ1v) is 9.87. The summed E-state index contributed by atoms with van der Waals surface area (Å²) in [6, 6.07) is 7.88. The largest absolute Gasteiger partial charge is 0.493 e. The Bertz CT molecular complexity index is 997. The quantitative estimate of drug-likeness (QED) is 0.493. The lowest BCUT2D eigenvalue weighted by Gasteiger charge is -2.13. The van der Waals surface area contributed by atoms with Crippen molar-refractivity contribution in [2.24, 2.45) is 0 Å². The van der Waals surface area contributed by atoms with E-state index in [-0.39, 0.29) is 0 Å². The molecule has 2 N–H and O–H groups in total. The van der Waals surface area contributed by atoms with Crippen LogP contribution in [-0.2, 0) is 0 Å². The number of anilines is 2. The number of nitrogens with zero attached hydrogens (tertiary/aromatic N) is 1. The highest BCUT2D eigenvalue weighted by molar-refractivity contribution is 7.14. The lowest BCUT2D eigenvalue weighted by molar-refractivity contribution is 0.262. The smallest absolute Gasteiger partial charge is 0.325 e. The average Bonchev–Trinajstić information content (AvgIpc) is 3.14. The third-order valence-electron chi connectivity index (χ3n) is 3.81. The van der Waals surface area contributed by atoms with Gasteiger partial charge in [0.2, 0.25) is 5.75 Å². The molecule has 29 heavy (non-hydrogen) atoms. The Morgan fingerprint density at radius 1 is 0.931 bits per heavy atom. The van der Waals surface area contributed by atoms with Gasteiger partial charge in [-0.3, -0.25) is 5.32 Å². The van der Waals surface area contributed by atoms with Gasteiger partial charge < -0.3 is 19.5 Å². The predicted molar refractivity (Wildman–Crippen MR) is 116 cm³/mol. The van der Waals surface area contributed by atoms with Crippen molar-refractivity contribution in [1.82, 2.24) is 4.98 Å². The molecule has 0 aliphatic carbocycles. The molecule has 7 nitrogen and oxygen atoms in total. The first-order valence-electron chi connectivity index (χ1n) is 8.23. The fraction of sp³-hybridized carbons (Fsp3) is 0.158. The number of hydrogen-bond donors (Lipinski definition) is 2. The van der Waals surface area contributed by atoms with Crippen molar-refractivity contribution >= 4 is 51.4 Å². The number of carbonyl (C=O) groups excluding carboxylic acids is 1. The second-order valence-electron chi connectivity index (χ2n) is 5.69. The molecule has 152 valence electrons. The molecule has 1 aromatic heterocycles. The molecule has 3 aromatic rings. The summed E-state index contributed by atoms with van der Waals surface area (Å²) in [5.74, 6) is 1.52. The molecule has 0 saturated carbocycles. The minimum Gasteiger partial charge on any atom is -0.493 e. The third-order valence-corrected chi connectivity index (χ3v) is 5.00. The molecule has 10 heteroatoms. The summed E-state index contributed by atoms with van der Waals surface area (Å²) in [5, 5.41) is 8.42. The first-order chi connectivity index (χ1) is 13.9. The lowest BCUT2D eigenvalue weighted by atomic mass is 10.1. The Balaban J connectivity index is 1.77. The van der Waals surface area contributed by atoms with Gasteiger partial charge in [-0.25, -0.2) is 9.78 Å². The van der Waals surface area contributed by atoms with Crippen LogP contribution in [0.25, 0.3) is 11.3 Å². The molecule has 3 rings (SSSR count). The van der Waals surface area contributed by atoms with Crippen molar-refractivity contribution in [3.63, 3.8) is 0 Å². The number of urea groups is 1. The van der Waals surface area contributed by atoms with Crippen LogP contribution in [0.3, 0.4) is 0 Å². The molecule has 0 aliphatic heterocycles. The van der Waals surface area contributed by atoms with Crippen molar-refractivity contribution in [3.05, 3.63) is 45.8 Å². The minimum atomic E-state index is -0.464. The summed E-state index contributed by atoms with van der Waals surface area (Å²) in [4.78, 5) is 16.7. The number of rotatable bonds is 6. The van der Waals surface area contributed by atoms with E-state index in [4.69, 9.17) is 37.4 Å². The van der Waals surface area contributed by atoms with Gasteiger partial charge in [0.15, 0.2) is 16.6 Å². The monoisotopic (exact) mass is 453 g/mol. The van der Waals surface area contributed by atoms with E-state index in [9.17, 15) is 4.79 Å². The van der Waals surface area contributed by atoms with Gasteiger partial charge in [-0.15, -0.1) is 11.3 Å². The van der Waals surface area contributed by atoms with Crippen molar-refractivity contribution in [3.8, 4) is 28.5 Å². The van der Waals surface area contributed by atoms with Crippen LogP contribution < -0.4 is 24.8 Å². The van der Waals surface area contributed by atoms with E-state index in [0.717, 1.165) is 5.56 Å². The van der Waals surface area contributed by atoms with E-state index >= 15 is 0 Å². The van der Waals surface area contributed by atoms with Crippen LogP contribution in [-0.4, -0.2) is 32.3 Å². The van der Waals surface area contributed by atoms with Gasteiger partial charge in [-0.05, 0) is 30.3 Å². The topological polar surface area (TPSA) is 81.7 Å². The molecule has 0 aliphatic rings. The van der Waals surface area contributed by atoms with Gasteiger partial charge in [0.05, 0.1) is 27.0 Å². The first kappa shape index (κ1) is 21.0. The van der Waals surface area contributed by atoms with Crippen LogP contribution >= 0.6 is 34.5 Å². The zero-order valence-electron chi connectivity index (χ0n) is 15.7. The van der Waals surface area contributed by atoms with Crippen LogP contribution in [0.2, 0.25) is 10.0 Å². The lowest BCUT2D eigenvalue weighted by Crippen LogP contribution is -2.19. The van der Waals surface area contributed by atoms with Gasteiger partial charge in [-0.2, -0.15) is 0 Å². The molecule has 0 radical (unpaired) electrons. The second-order valence-corrected chi connectivity index (χ2v) is 7.42.